The summed E-state index contributed by atoms with van der Waals surface area (Å²) in [4.78, 5) is 36.2. The number of alkyl halides is 6. The SMILES string of the molecule is CC(=O)Nc1ccc(NC(=O)c2nn(-c3ccccc3C(F)(F)F)c(C)cc2=O)c(C(F)(F)F)c1. The Labute approximate surface area is 193 Å². The maximum atomic E-state index is 13.5. The molecule has 0 atom stereocenters. The van der Waals surface area contributed by atoms with Gasteiger partial charge in [-0.2, -0.15) is 31.4 Å². The third kappa shape index (κ3) is 5.67. The lowest BCUT2D eigenvalue weighted by molar-refractivity contribution is -0.138. The highest BCUT2D eigenvalue weighted by molar-refractivity contribution is 6.03. The number of nitrogens with one attached hydrogen (secondary N) is 2. The van der Waals surface area contributed by atoms with E-state index in [1.165, 1.54) is 13.0 Å². The third-order valence-corrected chi connectivity index (χ3v) is 4.65. The van der Waals surface area contributed by atoms with Crippen molar-refractivity contribution < 1.29 is 35.9 Å². The van der Waals surface area contributed by atoms with Crippen LogP contribution in [0.4, 0.5) is 37.7 Å². The summed E-state index contributed by atoms with van der Waals surface area (Å²) >= 11 is 0. The standard InChI is InChI=1S/C22H16F6N4O3/c1-11-9-18(34)19(31-32(11)17-6-4-3-5-14(17)21(23,24)25)20(35)30-16-8-7-13(29-12(2)33)10-15(16)22(26,27)28/h3-10H,1-2H3,(H,29,33)(H,30,35). The molecule has 7 nitrogen and oxygen atoms in total. The first-order valence-corrected chi connectivity index (χ1v) is 9.76. The van der Waals surface area contributed by atoms with E-state index in [9.17, 15) is 40.7 Å². The predicted molar refractivity (Wildman–Crippen MR) is 113 cm³/mol. The monoisotopic (exact) mass is 498 g/mol. The largest absolute Gasteiger partial charge is 0.418 e. The van der Waals surface area contributed by atoms with Crippen molar-refractivity contribution in [1.82, 2.24) is 9.78 Å². The Hall–Kier alpha value is -4.16. The first-order chi connectivity index (χ1) is 16.2. The Morgan fingerprint density at radius 2 is 1.51 bits per heavy atom. The molecular weight excluding hydrogens is 482 g/mol. The smallest absolute Gasteiger partial charge is 0.326 e. The molecule has 2 amide bonds. The minimum absolute atomic E-state index is 0.0427. The number of rotatable bonds is 4. The number of aromatic nitrogens is 2. The number of halogens is 6. The van der Waals surface area contributed by atoms with Crippen LogP contribution in [0.25, 0.3) is 5.69 Å². The van der Waals surface area contributed by atoms with Crippen LogP contribution in [0.5, 0.6) is 0 Å². The van der Waals surface area contributed by atoms with Crippen molar-refractivity contribution in [3.8, 4) is 5.69 Å². The fourth-order valence-electron chi connectivity index (χ4n) is 3.20. The molecule has 0 spiro atoms. The predicted octanol–water partition coefficient (Wildman–Crippen LogP) is 4.79. The van der Waals surface area contributed by atoms with E-state index in [1.54, 1.807) is 0 Å². The Morgan fingerprint density at radius 3 is 2.11 bits per heavy atom. The molecule has 0 unspecified atom stereocenters. The summed E-state index contributed by atoms with van der Waals surface area (Å²) < 4.78 is 81.7. The molecule has 13 heteroatoms. The van der Waals surface area contributed by atoms with Crippen LogP contribution in [-0.2, 0) is 17.1 Å². The molecule has 0 fully saturated rings. The van der Waals surface area contributed by atoms with Crippen molar-refractivity contribution in [2.75, 3.05) is 10.6 Å². The van der Waals surface area contributed by atoms with E-state index in [0.717, 1.165) is 43.3 Å². The molecule has 184 valence electrons. The zero-order valence-electron chi connectivity index (χ0n) is 18.0. The van der Waals surface area contributed by atoms with Gasteiger partial charge in [-0.1, -0.05) is 12.1 Å². The number of nitrogens with zero attached hydrogens (tertiary/aromatic N) is 2. The minimum Gasteiger partial charge on any atom is -0.326 e. The molecular formula is C22H16F6N4O3. The third-order valence-electron chi connectivity index (χ3n) is 4.65. The van der Waals surface area contributed by atoms with E-state index in [1.807, 2.05) is 5.32 Å². The Morgan fingerprint density at radius 1 is 0.886 bits per heavy atom. The number of hydrogen-bond donors (Lipinski definition) is 2. The highest BCUT2D eigenvalue weighted by atomic mass is 19.4. The van der Waals surface area contributed by atoms with Gasteiger partial charge in [0.2, 0.25) is 11.3 Å². The average molecular weight is 498 g/mol. The minimum atomic E-state index is -4.95. The number of carbonyl (C=O) groups is 2. The lowest BCUT2D eigenvalue weighted by Gasteiger charge is -2.17. The number of aryl methyl sites for hydroxylation is 1. The van der Waals surface area contributed by atoms with E-state index >= 15 is 0 Å². The van der Waals surface area contributed by atoms with Crippen LogP contribution in [0.3, 0.4) is 0 Å². The van der Waals surface area contributed by atoms with Gasteiger partial charge in [-0.05, 0) is 37.3 Å². The molecule has 0 aliphatic rings. The molecule has 0 aliphatic heterocycles. The van der Waals surface area contributed by atoms with Crippen molar-refractivity contribution in [2.24, 2.45) is 0 Å². The lowest BCUT2D eigenvalue weighted by Crippen LogP contribution is -2.28. The summed E-state index contributed by atoms with van der Waals surface area (Å²) in [5, 5.41) is 7.82. The molecule has 0 aliphatic carbocycles. The second kappa shape index (κ2) is 9.24. The molecule has 35 heavy (non-hydrogen) atoms. The van der Waals surface area contributed by atoms with E-state index in [0.29, 0.717) is 10.7 Å². The fraction of sp³-hybridized carbons (Fsp3) is 0.182. The van der Waals surface area contributed by atoms with Crippen molar-refractivity contribution in [3.63, 3.8) is 0 Å². The first kappa shape index (κ1) is 25.5. The van der Waals surface area contributed by atoms with Gasteiger partial charge in [0.05, 0.1) is 22.5 Å². The molecule has 0 bridgehead atoms. The van der Waals surface area contributed by atoms with Crippen molar-refractivity contribution in [1.29, 1.82) is 0 Å². The van der Waals surface area contributed by atoms with Crippen LogP contribution < -0.4 is 16.1 Å². The Balaban J connectivity index is 2.07. The second-order valence-corrected chi connectivity index (χ2v) is 7.32. The van der Waals surface area contributed by atoms with Crippen LogP contribution in [0, 0.1) is 6.92 Å². The fourth-order valence-corrected chi connectivity index (χ4v) is 3.20. The van der Waals surface area contributed by atoms with Crippen LogP contribution in [-0.4, -0.2) is 21.6 Å². The van der Waals surface area contributed by atoms with Crippen LogP contribution >= 0.6 is 0 Å². The van der Waals surface area contributed by atoms with Crippen LogP contribution in [0.1, 0.15) is 34.2 Å². The van der Waals surface area contributed by atoms with Crippen LogP contribution in [0.2, 0.25) is 0 Å². The van der Waals surface area contributed by atoms with E-state index in [2.05, 4.69) is 10.4 Å². The van der Waals surface area contributed by atoms with Gasteiger partial charge in [0.25, 0.3) is 5.91 Å². The van der Waals surface area contributed by atoms with Gasteiger partial charge in [0, 0.05) is 24.4 Å². The molecule has 3 rings (SSSR count). The zero-order chi connectivity index (χ0) is 26.1. The quantitative estimate of drug-likeness (QED) is 0.506. The molecule has 0 radical (unpaired) electrons. The van der Waals surface area contributed by atoms with E-state index in [4.69, 9.17) is 0 Å². The lowest BCUT2D eigenvalue weighted by atomic mass is 10.1. The maximum absolute atomic E-state index is 13.5. The summed E-state index contributed by atoms with van der Waals surface area (Å²) in [6.07, 6.45) is -9.74. The summed E-state index contributed by atoms with van der Waals surface area (Å²) in [7, 11) is 0. The molecule has 2 aromatic carbocycles. The Bertz CT molecular complexity index is 1360. The molecule has 2 N–H and O–H groups in total. The number of benzene rings is 2. The van der Waals surface area contributed by atoms with Gasteiger partial charge < -0.3 is 10.6 Å². The topological polar surface area (TPSA) is 93.1 Å². The average Bonchev–Trinajstić information content (AvgIpc) is 2.73. The first-order valence-electron chi connectivity index (χ1n) is 9.76. The molecule has 0 saturated heterocycles. The normalized spacial score (nSPS) is 11.8. The highest BCUT2D eigenvalue weighted by Crippen LogP contribution is 2.37. The number of amides is 2. The summed E-state index contributed by atoms with van der Waals surface area (Å²) in [5.74, 6) is -2.00. The van der Waals surface area contributed by atoms with Gasteiger partial charge in [-0.3, -0.25) is 14.4 Å². The van der Waals surface area contributed by atoms with E-state index in [-0.39, 0.29) is 11.4 Å². The van der Waals surface area contributed by atoms with Gasteiger partial charge in [0.15, 0.2) is 5.69 Å². The molecule has 1 aromatic heterocycles. The molecule has 3 aromatic rings. The molecule has 0 saturated carbocycles. The van der Waals surface area contributed by atoms with Crippen molar-refractivity contribution in [3.05, 3.63) is 81.3 Å². The van der Waals surface area contributed by atoms with Crippen molar-refractivity contribution in [2.45, 2.75) is 26.2 Å². The van der Waals surface area contributed by atoms with Crippen molar-refractivity contribution >= 4 is 23.2 Å². The number of para-hydroxylation sites is 1. The van der Waals surface area contributed by atoms with Gasteiger partial charge in [0.1, 0.15) is 0 Å². The zero-order valence-corrected chi connectivity index (χ0v) is 18.0. The van der Waals surface area contributed by atoms with Gasteiger partial charge >= 0.3 is 12.4 Å². The summed E-state index contributed by atoms with van der Waals surface area (Å²) in [6.45, 7) is 2.37. The van der Waals surface area contributed by atoms with Crippen LogP contribution in [0.15, 0.2) is 53.3 Å². The van der Waals surface area contributed by atoms with E-state index < -0.39 is 57.8 Å². The highest BCUT2D eigenvalue weighted by Gasteiger charge is 2.36. The summed E-state index contributed by atoms with van der Waals surface area (Å²) in [6, 6.07) is 7.65. The number of anilines is 2. The summed E-state index contributed by atoms with van der Waals surface area (Å²) in [5.41, 5.74) is -5.83. The maximum Gasteiger partial charge on any atom is 0.418 e. The second-order valence-electron chi connectivity index (χ2n) is 7.32. The Kier molecular flexibility index (Phi) is 6.72. The number of carbonyl (C=O) groups excluding carboxylic acids is 2. The van der Waals surface area contributed by atoms with Gasteiger partial charge in [-0.15, -0.1) is 0 Å². The number of hydrogen-bond acceptors (Lipinski definition) is 4. The van der Waals surface area contributed by atoms with Gasteiger partial charge in [-0.25, -0.2) is 4.68 Å². The molecule has 1 heterocycles.